The molecule has 0 saturated heterocycles. The maximum atomic E-state index is 10.4. The molecule has 8 nitrogen and oxygen atoms in total. The molecular formula is C35H56N4O4S7. The van der Waals surface area contributed by atoms with Crippen molar-refractivity contribution in [2.45, 2.75) is 111 Å². The maximum Gasteiger partial charge on any atom is 0.110 e. The standard InChI is InChI=1S/C11H12N2OS2.2C9H13NOS2.C4H10OS.2CH4/c1-16(14,11-7-3-5-9-13-11)15-10-6-2-4-8-12-10;2*1-7(11)8(2)12-13-9-5-3-4-6-10-9;1-3(5)4(2)6;;/h2-9,14H,1H3;2*3-8,11H,1-2H3;3-6H,1-2H3;2*1H4/t;2*7-,8+;;;/m.10.../s1. The third-order valence-corrected chi connectivity index (χ3v) is 15.8. The Balaban J connectivity index is 0. The third-order valence-electron chi connectivity index (χ3n) is 5.81. The van der Waals surface area contributed by atoms with Gasteiger partial charge in [0.1, 0.15) is 20.1 Å². The highest BCUT2D eigenvalue weighted by Gasteiger charge is 2.20. The van der Waals surface area contributed by atoms with Crippen LogP contribution in [0.5, 0.6) is 0 Å². The molecule has 4 aromatic rings. The predicted molar refractivity (Wildman–Crippen MR) is 230 cm³/mol. The number of hydrogen-bond donors (Lipinski definition) is 5. The largest absolute Gasteiger partial charge is 0.392 e. The lowest BCUT2D eigenvalue weighted by Crippen LogP contribution is -2.13. The smallest absolute Gasteiger partial charge is 0.110 e. The maximum absolute atomic E-state index is 10.4. The van der Waals surface area contributed by atoms with Gasteiger partial charge in [-0.25, -0.2) is 19.9 Å². The summed E-state index contributed by atoms with van der Waals surface area (Å²) in [7, 11) is 5.88. The topological polar surface area (TPSA) is 132 Å². The molecule has 3 unspecified atom stereocenters. The van der Waals surface area contributed by atoms with Crippen LogP contribution in [0.15, 0.2) is 118 Å². The lowest BCUT2D eigenvalue weighted by atomic mass is 10.3. The molecule has 7 atom stereocenters. The van der Waals surface area contributed by atoms with E-state index in [1.54, 1.807) is 95.0 Å². The number of pyridine rings is 4. The first-order chi connectivity index (χ1) is 22.7. The van der Waals surface area contributed by atoms with E-state index in [4.69, 9.17) is 5.11 Å². The minimum absolute atomic E-state index is 0. The molecule has 0 amide bonds. The first-order valence-corrected chi connectivity index (χ1v) is 23.2. The Morgan fingerprint density at radius 2 is 0.900 bits per heavy atom. The molecule has 0 spiro atoms. The molecule has 0 aromatic carbocycles. The minimum atomic E-state index is -1.97. The van der Waals surface area contributed by atoms with Crippen LogP contribution in [0.2, 0.25) is 0 Å². The lowest BCUT2D eigenvalue weighted by Gasteiger charge is -2.26. The number of hydrogen-bond acceptors (Lipinski definition) is 14. The number of thiol groups is 1. The molecule has 4 rings (SSSR count). The monoisotopic (exact) mass is 820 g/mol. The van der Waals surface area contributed by atoms with Crippen LogP contribution in [-0.2, 0) is 0 Å². The summed E-state index contributed by atoms with van der Waals surface area (Å²) in [5.41, 5.74) is 0. The summed E-state index contributed by atoms with van der Waals surface area (Å²) in [5.74, 6) is 0. The zero-order valence-electron chi connectivity index (χ0n) is 28.2. The molecule has 0 aliphatic rings. The summed E-state index contributed by atoms with van der Waals surface area (Å²) in [5, 5.41) is 31.1. The second kappa shape index (κ2) is 29.4. The Kier molecular flexibility index (Phi) is 29.9. The van der Waals surface area contributed by atoms with Gasteiger partial charge in [0, 0.05) is 46.8 Å². The van der Waals surface area contributed by atoms with Crippen molar-refractivity contribution in [2.24, 2.45) is 0 Å². The molecular weight excluding hydrogens is 765 g/mol. The molecule has 0 aliphatic carbocycles. The van der Waals surface area contributed by atoms with Gasteiger partial charge in [-0.05, 0) is 125 Å². The Morgan fingerprint density at radius 3 is 1.18 bits per heavy atom. The summed E-state index contributed by atoms with van der Waals surface area (Å²) >= 11 is 3.94. The van der Waals surface area contributed by atoms with E-state index in [1.165, 1.54) is 10.8 Å². The van der Waals surface area contributed by atoms with Crippen molar-refractivity contribution in [2.75, 3.05) is 6.26 Å². The van der Waals surface area contributed by atoms with Crippen molar-refractivity contribution in [3.63, 3.8) is 0 Å². The average Bonchev–Trinajstić information content (AvgIpc) is 3.08. The fourth-order valence-corrected chi connectivity index (χ4v) is 9.83. The summed E-state index contributed by atoms with van der Waals surface area (Å²) in [4.78, 5) is 16.7. The van der Waals surface area contributed by atoms with Crippen molar-refractivity contribution in [1.82, 2.24) is 19.9 Å². The van der Waals surface area contributed by atoms with Crippen molar-refractivity contribution >= 4 is 75.9 Å². The van der Waals surface area contributed by atoms with Crippen LogP contribution in [0, 0.1) is 0 Å². The second-order valence-electron chi connectivity index (χ2n) is 10.3. The average molecular weight is 821 g/mol. The SMILES string of the molecule is C.C.CC(O)C(C)S.CS(O)(Sc1ccccn1)c1ccccn1.C[C@H](O)[C@@H](C)SSc1ccccn1.C[C@H](SSc1ccccn1)[C@@H](C)O. The van der Waals surface area contributed by atoms with E-state index in [0.29, 0.717) is 5.03 Å². The summed E-state index contributed by atoms with van der Waals surface area (Å²) in [6.45, 7) is 11.2. The van der Waals surface area contributed by atoms with E-state index < -0.39 is 9.34 Å². The quantitative estimate of drug-likeness (QED) is 0.0687. The van der Waals surface area contributed by atoms with Gasteiger partial charge in [-0.1, -0.05) is 67.6 Å². The van der Waals surface area contributed by atoms with Gasteiger partial charge >= 0.3 is 0 Å². The van der Waals surface area contributed by atoms with Gasteiger partial charge in [0.15, 0.2) is 0 Å². The van der Waals surface area contributed by atoms with Crippen LogP contribution < -0.4 is 0 Å². The highest BCUT2D eigenvalue weighted by atomic mass is 33.2. The van der Waals surface area contributed by atoms with Gasteiger partial charge in [0.05, 0.1) is 18.3 Å². The van der Waals surface area contributed by atoms with E-state index >= 15 is 0 Å². The minimum Gasteiger partial charge on any atom is -0.392 e. The van der Waals surface area contributed by atoms with Crippen LogP contribution in [-0.4, -0.2) is 80.1 Å². The van der Waals surface area contributed by atoms with Gasteiger partial charge < -0.3 is 19.9 Å². The van der Waals surface area contributed by atoms with E-state index in [2.05, 4.69) is 32.6 Å². The summed E-state index contributed by atoms with van der Waals surface area (Å²) in [6, 6.07) is 22.8. The first kappa shape index (κ1) is 51.0. The molecule has 0 bridgehead atoms. The molecule has 282 valence electrons. The van der Waals surface area contributed by atoms with Gasteiger partial charge in [-0.2, -0.15) is 12.6 Å². The van der Waals surface area contributed by atoms with E-state index in [1.807, 2.05) is 93.6 Å². The van der Waals surface area contributed by atoms with Gasteiger partial charge in [0.2, 0.25) is 0 Å². The third kappa shape index (κ3) is 24.2. The van der Waals surface area contributed by atoms with Crippen LogP contribution in [0.3, 0.4) is 0 Å². The fraction of sp³-hybridized carbons (Fsp3) is 0.429. The molecule has 0 aliphatic heterocycles. The number of rotatable bonds is 12. The zero-order chi connectivity index (χ0) is 36.0. The molecule has 4 aromatic heterocycles. The van der Waals surface area contributed by atoms with Gasteiger partial charge in [-0.3, -0.25) is 0 Å². The van der Waals surface area contributed by atoms with Gasteiger partial charge in [0.25, 0.3) is 0 Å². The van der Waals surface area contributed by atoms with Crippen molar-refractivity contribution in [3.05, 3.63) is 97.6 Å². The molecule has 4 N–H and O–H groups in total. The molecule has 15 heteroatoms. The summed E-state index contributed by atoms with van der Waals surface area (Å²) < 4.78 is 10.4. The Bertz CT molecular complexity index is 1270. The second-order valence-corrected chi connectivity index (χ2v) is 21.4. The Hall–Kier alpha value is -1.11. The Morgan fingerprint density at radius 1 is 0.560 bits per heavy atom. The number of aliphatic hydroxyl groups is 3. The van der Waals surface area contributed by atoms with Crippen molar-refractivity contribution in [1.29, 1.82) is 0 Å². The van der Waals surface area contributed by atoms with Crippen molar-refractivity contribution in [3.8, 4) is 0 Å². The highest BCUT2D eigenvalue weighted by molar-refractivity contribution is 8.91. The van der Waals surface area contributed by atoms with Crippen molar-refractivity contribution < 1.29 is 19.9 Å². The normalized spacial score (nSPS) is 15.6. The van der Waals surface area contributed by atoms with Crippen LogP contribution in [0.1, 0.15) is 56.4 Å². The first-order valence-electron chi connectivity index (χ1n) is 15.0. The lowest BCUT2D eigenvalue weighted by molar-refractivity contribution is 0.196. The number of nitrogens with zero attached hydrogens (tertiary/aromatic N) is 4. The van der Waals surface area contributed by atoms with E-state index in [9.17, 15) is 14.8 Å². The summed E-state index contributed by atoms with van der Waals surface area (Å²) in [6.07, 6.45) is 7.92. The van der Waals surface area contributed by atoms with Gasteiger partial charge in [-0.15, -0.1) is 0 Å². The van der Waals surface area contributed by atoms with Crippen LogP contribution in [0.25, 0.3) is 0 Å². The predicted octanol–water partition coefficient (Wildman–Crippen LogP) is 10.6. The number of aromatic nitrogens is 4. The molecule has 0 radical (unpaired) electrons. The van der Waals surface area contributed by atoms with E-state index in [0.717, 1.165) is 15.1 Å². The highest BCUT2D eigenvalue weighted by Crippen LogP contribution is 2.61. The Labute approximate surface area is 327 Å². The molecule has 4 heterocycles. The number of aliphatic hydroxyl groups excluding tert-OH is 3. The fourth-order valence-electron chi connectivity index (χ4n) is 2.38. The van der Waals surface area contributed by atoms with Crippen LogP contribution >= 0.6 is 75.9 Å². The molecule has 50 heavy (non-hydrogen) atoms. The molecule has 0 saturated carbocycles. The van der Waals surface area contributed by atoms with E-state index in [-0.39, 0.29) is 48.9 Å². The van der Waals surface area contributed by atoms with Crippen LogP contribution in [0.4, 0.5) is 0 Å². The molecule has 0 fully saturated rings. The zero-order valence-corrected chi connectivity index (χ0v) is 34.0.